The lowest BCUT2D eigenvalue weighted by Gasteiger charge is -2.17. The summed E-state index contributed by atoms with van der Waals surface area (Å²) >= 11 is 0. The van der Waals surface area contributed by atoms with E-state index >= 15 is 0 Å². The Bertz CT molecular complexity index is 316. The summed E-state index contributed by atoms with van der Waals surface area (Å²) in [4.78, 5) is 4.33. The van der Waals surface area contributed by atoms with Crippen molar-refractivity contribution in [3.63, 3.8) is 0 Å². The summed E-state index contributed by atoms with van der Waals surface area (Å²) in [7, 11) is 0. The van der Waals surface area contributed by atoms with Crippen LogP contribution >= 0.6 is 0 Å². The minimum Gasteiger partial charge on any atom is -0.384 e. The molecular weight excluding hydrogens is 148 g/mol. The van der Waals surface area contributed by atoms with Crippen LogP contribution in [0.2, 0.25) is 0 Å². The fraction of sp³-hybridized carbons (Fsp3) is 0.500. The van der Waals surface area contributed by atoms with Crippen molar-refractivity contribution < 1.29 is 0 Å². The van der Waals surface area contributed by atoms with Crippen LogP contribution in [0.4, 0.5) is 5.82 Å². The Morgan fingerprint density at radius 3 is 2.92 bits per heavy atom. The number of fused-ring (bicyclic) bond motifs is 1. The van der Waals surface area contributed by atoms with Crippen LogP contribution < -0.4 is 5.73 Å². The van der Waals surface area contributed by atoms with E-state index in [4.69, 9.17) is 5.73 Å². The van der Waals surface area contributed by atoms with E-state index in [1.54, 1.807) is 0 Å². The Morgan fingerprint density at radius 1 is 1.42 bits per heavy atom. The van der Waals surface area contributed by atoms with E-state index in [0.29, 0.717) is 11.2 Å². The highest BCUT2D eigenvalue weighted by atomic mass is 14.8. The standard InChI is InChI=1S/C10H14N2/c1-10(2)6-5-8-7(10)3-4-9(11)12-8/h3-4H,5-6H2,1-2H3,(H2,11,12). The van der Waals surface area contributed by atoms with Gasteiger partial charge in [0.15, 0.2) is 0 Å². The van der Waals surface area contributed by atoms with Crippen molar-refractivity contribution in [3.05, 3.63) is 23.4 Å². The summed E-state index contributed by atoms with van der Waals surface area (Å²) < 4.78 is 0. The summed E-state index contributed by atoms with van der Waals surface area (Å²) in [5.41, 5.74) is 8.48. The topological polar surface area (TPSA) is 38.9 Å². The molecule has 0 amide bonds. The van der Waals surface area contributed by atoms with Gasteiger partial charge in [-0.25, -0.2) is 4.98 Å². The number of pyridine rings is 1. The zero-order valence-corrected chi connectivity index (χ0v) is 7.59. The summed E-state index contributed by atoms with van der Waals surface area (Å²) in [6.07, 6.45) is 2.27. The van der Waals surface area contributed by atoms with E-state index in [2.05, 4.69) is 24.9 Å². The molecule has 2 N–H and O–H groups in total. The van der Waals surface area contributed by atoms with E-state index in [9.17, 15) is 0 Å². The molecule has 0 spiro atoms. The molecule has 0 unspecified atom stereocenters. The lowest BCUT2D eigenvalue weighted by atomic mass is 9.87. The quantitative estimate of drug-likeness (QED) is 0.632. The van der Waals surface area contributed by atoms with Crippen LogP contribution in [0.5, 0.6) is 0 Å². The fourth-order valence-corrected chi connectivity index (χ4v) is 1.89. The molecule has 0 bridgehead atoms. The van der Waals surface area contributed by atoms with Crippen LogP contribution in [0.3, 0.4) is 0 Å². The second kappa shape index (κ2) is 2.22. The van der Waals surface area contributed by atoms with Crippen LogP contribution in [-0.4, -0.2) is 4.98 Å². The Kier molecular flexibility index (Phi) is 1.40. The highest BCUT2D eigenvalue weighted by Gasteiger charge is 2.30. The summed E-state index contributed by atoms with van der Waals surface area (Å²) in [6.45, 7) is 4.52. The lowest BCUT2D eigenvalue weighted by Crippen LogP contribution is -2.11. The predicted molar refractivity (Wildman–Crippen MR) is 50.0 cm³/mol. The Morgan fingerprint density at radius 2 is 2.17 bits per heavy atom. The molecule has 1 heterocycles. The molecule has 1 aliphatic rings. The first-order valence-electron chi connectivity index (χ1n) is 4.35. The smallest absolute Gasteiger partial charge is 0.123 e. The van der Waals surface area contributed by atoms with Crippen molar-refractivity contribution in [3.8, 4) is 0 Å². The maximum atomic E-state index is 5.61. The summed E-state index contributed by atoms with van der Waals surface area (Å²) in [5.74, 6) is 0.645. The van der Waals surface area contributed by atoms with Gasteiger partial charge in [-0.3, -0.25) is 0 Å². The van der Waals surface area contributed by atoms with E-state index in [1.165, 1.54) is 17.7 Å². The SMILES string of the molecule is CC1(C)CCc2nc(N)ccc21. The molecule has 0 aromatic carbocycles. The Balaban J connectivity index is 2.55. The monoisotopic (exact) mass is 162 g/mol. The Labute approximate surface area is 72.8 Å². The van der Waals surface area contributed by atoms with Crippen LogP contribution in [0.1, 0.15) is 31.5 Å². The third kappa shape index (κ3) is 0.986. The number of hydrogen-bond donors (Lipinski definition) is 1. The highest BCUT2D eigenvalue weighted by molar-refractivity contribution is 5.40. The molecule has 0 saturated carbocycles. The van der Waals surface area contributed by atoms with Gasteiger partial charge in [-0.05, 0) is 29.9 Å². The predicted octanol–water partition coefficient (Wildman–Crippen LogP) is 1.89. The molecule has 0 saturated heterocycles. The average Bonchev–Trinajstić information content (AvgIpc) is 2.27. The molecule has 0 fully saturated rings. The third-order valence-corrected chi connectivity index (χ3v) is 2.71. The number of rotatable bonds is 0. The molecule has 0 radical (unpaired) electrons. The van der Waals surface area contributed by atoms with Gasteiger partial charge in [-0.15, -0.1) is 0 Å². The maximum Gasteiger partial charge on any atom is 0.123 e. The van der Waals surface area contributed by atoms with Crippen molar-refractivity contribution in [1.82, 2.24) is 4.98 Å². The number of anilines is 1. The molecule has 1 aromatic rings. The molecule has 2 heteroatoms. The largest absolute Gasteiger partial charge is 0.384 e. The second-order valence-electron chi connectivity index (χ2n) is 4.11. The normalized spacial score (nSPS) is 19.2. The first kappa shape index (κ1) is 7.59. The minimum atomic E-state index is 0.302. The highest BCUT2D eigenvalue weighted by Crippen LogP contribution is 2.37. The first-order chi connectivity index (χ1) is 5.59. The van der Waals surface area contributed by atoms with E-state index < -0.39 is 0 Å². The second-order valence-corrected chi connectivity index (χ2v) is 4.11. The number of nitrogens with zero attached hydrogens (tertiary/aromatic N) is 1. The number of nitrogens with two attached hydrogens (primary N) is 1. The molecule has 0 aliphatic heterocycles. The number of hydrogen-bond acceptors (Lipinski definition) is 2. The van der Waals surface area contributed by atoms with Gasteiger partial charge in [0.05, 0.1) is 0 Å². The average molecular weight is 162 g/mol. The van der Waals surface area contributed by atoms with Crippen LogP contribution in [0.15, 0.2) is 12.1 Å². The van der Waals surface area contributed by atoms with Crippen molar-refractivity contribution >= 4 is 5.82 Å². The van der Waals surface area contributed by atoms with Gasteiger partial charge in [-0.2, -0.15) is 0 Å². The molecule has 64 valence electrons. The summed E-state index contributed by atoms with van der Waals surface area (Å²) in [5, 5.41) is 0. The molecule has 0 atom stereocenters. The Hall–Kier alpha value is -1.05. The van der Waals surface area contributed by atoms with E-state index in [1.807, 2.05) is 6.07 Å². The van der Waals surface area contributed by atoms with E-state index in [-0.39, 0.29) is 0 Å². The molecular formula is C10H14N2. The lowest BCUT2D eigenvalue weighted by molar-refractivity contribution is 0.522. The van der Waals surface area contributed by atoms with Crippen molar-refractivity contribution in [2.24, 2.45) is 0 Å². The van der Waals surface area contributed by atoms with Gasteiger partial charge >= 0.3 is 0 Å². The van der Waals surface area contributed by atoms with Gasteiger partial charge in [0, 0.05) is 5.69 Å². The molecule has 2 nitrogen and oxygen atoms in total. The van der Waals surface area contributed by atoms with Gasteiger partial charge < -0.3 is 5.73 Å². The maximum absolute atomic E-state index is 5.61. The fourth-order valence-electron chi connectivity index (χ4n) is 1.89. The van der Waals surface area contributed by atoms with Crippen LogP contribution in [0.25, 0.3) is 0 Å². The zero-order chi connectivity index (χ0) is 8.77. The minimum absolute atomic E-state index is 0.302. The third-order valence-electron chi connectivity index (χ3n) is 2.71. The van der Waals surface area contributed by atoms with Crippen molar-refractivity contribution in [2.75, 3.05) is 5.73 Å². The molecule has 12 heavy (non-hydrogen) atoms. The van der Waals surface area contributed by atoms with Gasteiger partial charge in [0.2, 0.25) is 0 Å². The zero-order valence-electron chi connectivity index (χ0n) is 7.59. The van der Waals surface area contributed by atoms with Gasteiger partial charge in [-0.1, -0.05) is 19.9 Å². The molecule has 2 rings (SSSR count). The number of aryl methyl sites for hydroxylation is 1. The van der Waals surface area contributed by atoms with Crippen LogP contribution in [-0.2, 0) is 11.8 Å². The summed E-state index contributed by atoms with van der Waals surface area (Å²) in [6, 6.07) is 4.01. The number of aromatic nitrogens is 1. The number of nitrogen functional groups attached to an aromatic ring is 1. The molecule has 1 aromatic heterocycles. The first-order valence-corrected chi connectivity index (χ1v) is 4.35. The van der Waals surface area contributed by atoms with E-state index in [0.717, 1.165) is 6.42 Å². The van der Waals surface area contributed by atoms with Gasteiger partial charge in [0.1, 0.15) is 5.82 Å². The van der Waals surface area contributed by atoms with Crippen LogP contribution in [0, 0.1) is 0 Å². The molecule has 1 aliphatic carbocycles. The van der Waals surface area contributed by atoms with Crippen molar-refractivity contribution in [1.29, 1.82) is 0 Å². The van der Waals surface area contributed by atoms with Crippen molar-refractivity contribution in [2.45, 2.75) is 32.1 Å². The van der Waals surface area contributed by atoms with Gasteiger partial charge in [0.25, 0.3) is 0 Å².